The summed E-state index contributed by atoms with van der Waals surface area (Å²) in [5.41, 5.74) is 1.61. The van der Waals surface area contributed by atoms with E-state index in [-0.39, 0.29) is 0 Å². The first-order valence-corrected chi connectivity index (χ1v) is 7.38. The molecule has 1 atom stereocenters. The van der Waals surface area contributed by atoms with E-state index in [0.717, 1.165) is 29.0 Å². The van der Waals surface area contributed by atoms with E-state index in [9.17, 15) is 5.11 Å². The minimum Gasteiger partial charge on any atom is -0.494 e. The maximum atomic E-state index is 10.6. The van der Waals surface area contributed by atoms with Crippen LogP contribution in [0, 0.1) is 0 Å². The predicted molar refractivity (Wildman–Crippen MR) is 83.9 cm³/mol. The minimum absolute atomic E-state index is 0.635. The maximum absolute atomic E-state index is 10.6. The highest BCUT2D eigenvalue weighted by molar-refractivity contribution is 5.41. The van der Waals surface area contributed by atoms with Gasteiger partial charge in [0.1, 0.15) is 17.6 Å². The van der Waals surface area contributed by atoms with Gasteiger partial charge in [0.15, 0.2) is 0 Å². The Bertz CT molecular complexity index is 549. The molecule has 0 heterocycles. The fourth-order valence-electron chi connectivity index (χ4n) is 2.14. The Kier molecular flexibility index (Phi) is 5.64. The fraction of sp³-hybridized carbons (Fsp3) is 0.333. The zero-order chi connectivity index (χ0) is 15.1. The van der Waals surface area contributed by atoms with Gasteiger partial charge in [-0.1, -0.05) is 37.3 Å². The number of benzene rings is 2. The second kappa shape index (κ2) is 7.70. The average Bonchev–Trinajstić information content (AvgIpc) is 2.53. The van der Waals surface area contributed by atoms with Gasteiger partial charge in [0.2, 0.25) is 0 Å². The van der Waals surface area contributed by atoms with E-state index in [1.54, 1.807) is 0 Å². The molecule has 0 aliphatic carbocycles. The lowest BCUT2D eigenvalue weighted by molar-refractivity contribution is 0.210. The summed E-state index contributed by atoms with van der Waals surface area (Å²) in [6.45, 7) is 5.29. The molecule has 2 aromatic carbocycles. The molecule has 0 amide bonds. The van der Waals surface area contributed by atoms with Crippen molar-refractivity contribution in [3.63, 3.8) is 0 Å². The van der Waals surface area contributed by atoms with E-state index in [4.69, 9.17) is 9.47 Å². The van der Waals surface area contributed by atoms with Gasteiger partial charge in [0, 0.05) is 5.56 Å². The van der Waals surface area contributed by atoms with E-state index >= 15 is 0 Å². The standard InChI is InChI=1S/C18H22O3/c1-3-13-21-17-8-6-5-7-16(17)18(19)14-9-11-15(12-10-14)20-4-2/h5-12,18-19H,3-4,13H2,1-2H3. The number of aliphatic hydroxyl groups excluding tert-OH is 1. The quantitative estimate of drug-likeness (QED) is 0.837. The number of hydrogen-bond donors (Lipinski definition) is 1. The van der Waals surface area contributed by atoms with Crippen LogP contribution in [-0.4, -0.2) is 18.3 Å². The summed E-state index contributed by atoms with van der Waals surface area (Å²) in [7, 11) is 0. The molecule has 112 valence electrons. The Morgan fingerprint density at radius 3 is 2.33 bits per heavy atom. The molecule has 0 fully saturated rings. The van der Waals surface area contributed by atoms with Crippen molar-refractivity contribution >= 4 is 0 Å². The first-order chi connectivity index (χ1) is 10.3. The van der Waals surface area contributed by atoms with Crippen molar-refractivity contribution in [3.8, 4) is 11.5 Å². The molecule has 1 unspecified atom stereocenters. The van der Waals surface area contributed by atoms with Gasteiger partial charge >= 0.3 is 0 Å². The molecule has 1 N–H and O–H groups in total. The van der Waals surface area contributed by atoms with Crippen LogP contribution in [0.2, 0.25) is 0 Å². The number of ether oxygens (including phenoxy) is 2. The zero-order valence-corrected chi connectivity index (χ0v) is 12.6. The summed E-state index contributed by atoms with van der Waals surface area (Å²) in [6.07, 6.45) is 0.238. The molecule has 0 bridgehead atoms. The van der Waals surface area contributed by atoms with Gasteiger partial charge in [-0.25, -0.2) is 0 Å². The van der Waals surface area contributed by atoms with Crippen molar-refractivity contribution in [2.75, 3.05) is 13.2 Å². The summed E-state index contributed by atoms with van der Waals surface area (Å²) >= 11 is 0. The summed E-state index contributed by atoms with van der Waals surface area (Å²) in [6, 6.07) is 15.1. The highest BCUT2D eigenvalue weighted by Gasteiger charge is 2.15. The molecule has 0 aliphatic heterocycles. The third-order valence-corrected chi connectivity index (χ3v) is 3.18. The molecule has 2 aromatic rings. The number of hydrogen-bond acceptors (Lipinski definition) is 3. The summed E-state index contributed by atoms with van der Waals surface area (Å²) < 4.78 is 11.1. The summed E-state index contributed by atoms with van der Waals surface area (Å²) in [5.74, 6) is 1.55. The first-order valence-electron chi connectivity index (χ1n) is 7.38. The van der Waals surface area contributed by atoms with Crippen LogP contribution in [-0.2, 0) is 0 Å². The third-order valence-electron chi connectivity index (χ3n) is 3.18. The van der Waals surface area contributed by atoms with Crippen LogP contribution in [0.5, 0.6) is 11.5 Å². The molecule has 0 aliphatic rings. The predicted octanol–water partition coefficient (Wildman–Crippen LogP) is 3.96. The Labute approximate surface area is 126 Å². The Morgan fingerprint density at radius 2 is 1.67 bits per heavy atom. The lowest BCUT2D eigenvalue weighted by Gasteiger charge is -2.16. The van der Waals surface area contributed by atoms with Crippen LogP contribution in [0.1, 0.15) is 37.5 Å². The minimum atomic E-state index is -0.700. The van der Waals surface area contributed by atoms with Gasteiger partial charge in [-0.3, -0.25) is 0 Å². The second-order valence-corrected chi connectivity index (χ2v) is 4.79. The van der Waals surface area contributed by atoms with E-state index in [1.807, 2.05) is 55.5 Å². The summed E-state index contributed by atoms with van der Waals surface area (Å²) in [4.78, 5) is 0. The molecule has 3 nitrogen and oxygen atoms in total. The number of rotatable bonds is 7. The molecule has 0 spiro atoms. The van der Waals surface area contributed by atoms with Crippen molar-refractivity contribution in [3.05, 3.63) is 59.7 Å². The largest absolute Gasteiger partial charge is 0.494 e. The van der Waals surface area contributed by atoms with E-state index in [2.05, 4.69) is 6.92 Å². The maximum Gasteiger partial charge on any atom is 0.125 e. The molecule has 0 aromatic heterocycles. The van der Waals surface area contributed by atoms with Crippen LogP contribution in [0.3, 0.4) is 0 Å². The average molecular weight is 286 g/mol. The third kappa shape index (κ3) is 3.99. The highest BCUT2D eigenvalue weighted by atomic mass is 16.5. The highest BCUT2D eigenvalue weighted by Crippen LogP contribution is 2.30. The van der Waals surface area contributed by atoms with Crippen molar-refractivity contribution < 1.29 is 14.6 Å². The molecule has 0 radical (unpaired) electrons. The van der Waals surface area contributed by atoms with Crippen LogP contribution < -0.4 is 9.47 Å². The lowest BCUT2D eigenvalue weighted by atomic mass is 10.0. The van der Waals surface area contributed by atoms with E-state index in [0.29, 0.717) is 13.2 Å². The SMILES string of the molecule is CCCOc1ccccc1C(O)c1ccc(OCC)cc1. The smallest absolute Gasteiger partial charge is 0.125 e. The molecule has 0 saturated heterocycles. The van der Waals surface area contributed by atoms with Crippen LogP contribution in [0.15, 0.2) is 48.5 Å². The van der Waals surface area contributed by atoms with Crippen LogP contribution >= 0.6 is 0 Å². The Morgan fingerprint density at radius 1 is 0.952 bits per heavy atom. The number of aliphatic hydroxyl groups is 1. The first kappa shape index (κ1) is 15.4. The monoisotopic (exact) mass is 286 g/mol. The molecule has 21 heavy (non-hydrogen) atoms. The van der Waals surface area contributed by atoms with Crippen molar-refractivity contribution in [1.29, 1.82) is 0 Å². The molecule has 3 heteroatoms. The molecule has 2 rings (SSSR count). The van der Waals surface area contributed by atoms with E-state index < -0.39 is 6.10 Å². The molecular weight excluding hydrogens is 264 g/mol. The lowest BCUT2D eigenvalue weighted by Crippen LogP contribution is -2.05. The normalized spacial score (nSPS) is 12.0. The topological polar surface area (TPSA) is 38.7 Å². The van der Waals surface area contributed by atoms with Crippen molar-refractivity contribution in [2.45, 2.75) is 26.4 Å². The second-order valence-electron chi connectivity index (χ2n) is 4.79. The summed E-state index contributed by atoms with van der Waals surface area (Å²) in [5, 5.41) is 10.6. The number of para-hydroxylation sites is 1. The fourth-order valence-corrected chi connectivity index (χ4v) is 2.14. The molecular formula is C18H22O3. The van der Waals surface area contributed by atoms with E-state index in [1.165, 1.54) is 0 Å². The Balaban J connectivity index is 2.20. The van der Waals surface area contributed by atoms with Gasteiger partial charge in [-0.2, -0.15) is 0 Å². The zero-order valence-electron chi connectivity index (χ0n) is 12.6. The van der Waals surface area contributed by atoms with Crippen LogP contribution in [0.4, 0.5) is 0 Å². The Hall–Kier alpha value is -2.00. The molecule has 0 saturated carbocycles. The van der Waals surface area contributed by atoms with Gasteiger partial charge in [-0.15, -0.1) is 0 Å². The van der Waals surface area contributed by atoms with Gasteiger partial charge in [-0.05, 0) is 37.1 Å². The van der Waals surface area contributed by atoms with Gasteiger partial charge in [0.05, 0.1) is 13.2 Å². The van der Waals surface area contributed by atoms with Gasteiger partial charge < -0.3 is 14.6 Å². The van der Waals surface area contributed by atoms with Crippen molar-refractivity contribution in [1.82, 2.24) is 0 Å². The van der Waals surface area contributed by atoms with Crippen LogP contribution in [0.25, 0.3) is 0 Å². The van der Waals surface area contributed by atoms with Gasteiger partial charge in [0.25, 0.3) is 0 Å². The van der Waals surface area contributed by atoms with Crippen molar-refractivity contribution in [2.24, 2.45) is 0 Å².